The van der Waals surface area contributed by atoms with E-state index in [0.29, 0.717) is 21.8 Å². The molecule has 1 heterocycles. The molecule has 0 bridgehead atoms. The first kappa shape index (κ1) is 15.8. The Bertz CT molecular complexity index is 894. The minimum absolute atomic E-state index is 0.182. The van der Waals surface area contributed by atoms with E-state index in [2.05, 4.69) is 0 Å². The highest BCUT2D eigenvalue weighted by atomic mass is 35.5. The number of sulfonamides is 1. The lowest BCUT2D eigenvalue weighted by Crippen LogP contribution is -2.42. The van der Waals surface area contributed by atoms with Crippen LogP contribution in [0.15, 0.2) is 47.4 Å². The molecule has 5 nitrogen and oxygen atoms in total. The van der Waals surface area contributed by atoms with E-state index in [9.17, 15) is 13.2 Å². The summed E-state index contributed by atoms with van der Waals surface area (Å²) >= 11 is 6.07. The lowest BCUT2D eigenvalue weighted by molar-refractivity contribution is -0.127. The third-order valence-corrected chi connectivity index (χ3v) is 5.80. The molecular formula is C16H15ClN2O3S. The summed E-state index contributed by atoms with van der Waals surface area (Å²) in [5.41, 5.74) is 1.76. The van der Waals surface area contributed by atoms with E-state index < -0.39 is 10.0 Å². The number of likely N-dealkylation sites (N-methyl/N-ethyl adjacent to an activating group) is 1. The number of fused-ring (bicyclic) bond motifs is 3. The maximum absolute atomic E-state index is 12.9. The van der Waals surface area contributed by atoms with Crippen molar-refractivity contribution in [3.8, 4) is 11.1 Å². The normalized spacial score (nSPS) is 14.8. The molecule has 0 atom stereocenters. The van der Waals surface area contributed by atoms with Gasteiger partial charge in [-0.1, -0.05) is 29.8 Å². The van der Waals surface area contributed by atoms with Crippen LogP contribution in [-0.4, -0.2) is 39.9 Å². The first-order valence-electron chi connectivity index (χ1n) is 6.94. The predicted molar refractivity (Wildman–Crippen MR) is 90.1 cm³/mol. The smallest absolute Gasteiger partial charge is 0.265 e. The van der Waals surface area contributed by atoms with Crippen molar-refractivity contribution in [3.63, 3.8) is 0 Å². The molecule has 0 spiro atoms. The maximum Gasteiger partial charge on any atom is 0.265 e. The molecular weight excluding hydrogens is 336 g/mol. The Balaban J connectivity index is 2.25. The number of rotatable bonds is 2. The Labute approximate surface area is 140 Å². The highest BCUT2D eigenvalue weighted by Gasteiger charge is 2.36. The second-order valence-corrected chi connectivity index (χ2v) is 7.72. The van der Waals surface area contributed by atoms with Crippen LogP contribution in [0.3, 0.4) is 0 Å². The number of carbonyl (C=O) groups is 1. The van der Waals surface area contributed by atoms with E-state index in [1.165, 1.54) is 4.90 Å². The molecule has 1 amide bonds. The number of amides is 1. The van der Waals surface area contributed by atoms with Gasteiger partial charge in [0.05, 0.1) is 10.6 Å². The Morgan fingerprint density at radius 1 is 1.13 bits per heavy atom. The zero-order valence-electron chi connectivity index (χ0n) is 12.7. The monoisotopic (exact) mass is 350 g/mol. The maximum atomic E-state index is 12.9. The molecule has 0 fully saturated rings. The standard InChI is InChI=1S/C16H15ClN2O3S/c1-18(2)16(20)10-19-14-8-7-11(17)9-13(14)12-5-3-4-6-15(12)23(19,21)22/h3-9H,10H2,1-2H3. The zero-order valence-corrected chi connectivity index (χ0v) is 14.2. The average Bonchev–Trinajstić information content (AvgIpc) is 2.51. The fraction of sp³-hybridized carbons (Fsp3) is 0.188. The predicted octanol–water partition coefficient (Wildman–Crippen LogP) is 2.60. The lowest BCUT2D eigenvalue weighted by Gasteiger charge is -2.32. The Kier molecular flexibility index (Phi) is 3.82. The molecule has 1 aliphatic rings. The summed E-state index contributed by atoms with van der Waals surface area (Å²) in [4.78, 5) is 13.6. The lowest BCUT2D eigenvalue weighted by atomic mass is 10.0. The molecule has 0 saturated heterocycles. The van der Waals surface area contributed by atoms with Crippen molar-refractivity contribution in [2.75, 3.05) is 24.9 Å². The third kappa shape index (κ3) is 2.58. The van der Waals surface area contributed by atoms with Gasteiger partial charge in [-0.3, -0.25) is 9.10 Å². The third-order valence-electron chi connectivity index (χ3n) is 3.75. The summed E-state index contributed by atoms with van der Waals surface area (Å²) in [5, 5.41) is 0.511. The van der Waals surface area contributed by atoms with Gasteiger partial charge in [0.2, 0.25) is 5.91 Å². The Hall–Kier alpha value is -2.05. The van der Waals surface area contributed by atoms with E-state index in [0.717, 1.165) is 4.31 Å². The van der Waals surface area contributed by atoms with Gasteiger partial charge >= 0.3 is 0 Å². The molecule has 0 radical (unpaired) electrons. The van der Waals surface area contributed by atoms with Crippen LogP contribution in [0.4, 0.5) is 5.69 Å². The molecule has 2 aromatic rings. The summed E-state index contributed by atoms with van der Waals surface area (Å²) in [7, 11) is -0.609. The molecule has 23 heavy (non-hydrogen) atoms. The highest BCUT2D eigenvalue weighted by molar-refractivity contribution is 7.93. The van der Waals surface area contributed by atoms with Crippen LogP contribution >= 0.6 is 11.6 Å². The summed E-state index contributed by atoms with van der Waals surface area (Å²) in [5.74, 6) is -0.297. The molecule has 0 aliphatic carbocycles. The number of hydrogen-bond donors (Lipinski definition) is 0. The van der Waals surface area contributed by atoms with Gasteiger partial charge in [-0.15, -0.1) is 0 Å². The summed E-state index contributed by atoms with van der Waals surface area (Å²) in [6.45, 7) is -0.252. The number of benzene rings is 2. The molecule has 1 aliphatic heterocycles. The highest BCUT2D eigenvalue weighted by Crippen LogP contribution is 2.43. The minimum atomic E-state index is -3.79. The SMILES string of the molecule is CN(C)C(=O)CN1c2ccc(Cl)cc2-c2ccccc2S1(=O)=O. The van der Waals surface area contributed by atoms with Gasteiger partial charge in [0.25, 0.3) is 10.0 Å². The zero-order chi connectivity index (χ0) is 16.8. The van der Waals surface area contributed by atoms with Gasteiger partial charge in [0, 0.05) is 30.2 Å². The van der Waals surface area contributed by atoms with E-state index in [4.69, 9.17) is 11.6 Å². The quantitative estimate of drug-likeness (QED) is 0.836. The van der Waals surface area contributed by atoms with Gasteiger partial charge in [-0.05, 0) is 24.3 Å². The number of carbonyl (C=O) groups excluding carboxylic acids is 1. The topological polar surface area (TPSA) is 57.7 Å². The molecule has 2 aromatic carbocycles. The van der Waals surface area contributed by atoms with Crippen LogP contribution in [0.1, 0.15) is 0 Å². The first-order valence-corrected chi connectivity index (χ1v) is 8.76. The average molecular weight is 351 g/mol. The van der Waals surface area contributed by atoms with Crippen LogP contribution < -0.4 is 4.31 Å². The first-order chi connectivity index (χ1) is 10.8. The van der Waals surface area contributed by atoms with E-state index >= 15 is 0 Å². The van der Waals surface area contributed by atoms with Crippen molar-refractivity contribution in [1.82, 2.24) is 4.90 Å². The van der Waals surface area contributed by atoms with Crippen LogP contribution in [-0.2, 0) is 14.8 Å². The molecule has 0 N–H and O–H groups in total. The summed E-state index contributed by atoms with van der Waals surface area (Å²) < 4.78 is 27.0. The van der Waals surface area contributed by atoms with Crippen LogP contribution in [0.5, 0.6) is 0 Å². The fourth-order valence-corrected chi connectivity index (χ4v) is 4.35. The van der Waals surface area contributed by atoms with Crippen molar-refractivity contribution in [1.29, 1.82) is 0 Å². The summed E-state index contributed by atoms with van der Waals surface area (Å²) in [6, 6.07) is 11.7. The second-order valence-electron chi connectivity index (χ2n) is 5.46. The van der Waals surface area contributed by atoms with E-state index in [1.807, 2.05) is 0 Å². The second kappa shape index (κ2) is 5.54. The summed E-state index contributed by atoms with van der Waals surface area (Å²) in [6.07, 6.45) is 0. The van der Waals surface area contributed by atoms with Gasteiger partial charge in [-0.25, -0.2) is 8.42 Å². The van der Waals surface area contributed by atoms with Crippen LogP contribution in [0, 0.1) is 0 Å². The van der Waals surface area contributed by atoms with E-state index in [1.54, 1.807) is 56.6 Å². The molecule has 0 saturated carbocycles. The number of anilines is 1. The minimum Gasteiger partial charge on any atom is -0.347 e. The number of nitrogens with zero attached hydrogens (tertiary/aromatic N) is 2. The number of halogens is 1. The van der Waals surface area contributed by atoms with Crippen molar-refractivity contribution in [2.24, 2.45) is 0 Å². The Morgan fingerprint density at radius 2 is 1.83 bits per heavy atom. The van der Waals surface area contributed by atoms with Gasteiger partial charge in [0.15, 0.2) is 0 Å². The number of hydrogen-bond acceptors (Lipinski definition) is 3. The Morgan fingerprint density at radius 3 is 2.52 bits per heavy atom. The van der Waals surface area contributed by atoms with Crippen LogP contribution in [0.25, 0.3) is 11.1 Å². The fourth-order valence-electron chi connectivity index (χ4n) is 2.54. The van der Waals surface area contributed by atoms with Crippen molar-refractivity contribution in [3.05, 3.63) is 47.5 Å². The molecule has 120 valence electrons. The van der Waals surface area contributed by atoms with Gasteiger partial charge < -0.3 is 4.90 Å². The molecule has 3 rings (SSSR count). The van der Waals surface area contributed by atoms with Crippen molar-refractivity contribution >= 4 is 33.2 Å². The largest absolute Gasteiger partial charge is 0.347 e. The van der Waals surface area contributed by atoms with Gasteiger partial charge in [-0.2, -0.15) is 0 Å². The van der Waals surface area contributed by atoms with E-state index in [-0.39, 0.29) is 17.3 Å². The molecule has 0 aromatic heterocycles. The molecule has 0 unspecified atom stereocenters. The van der Waals surface area contributed by atoms with Gasteiger partial charge in [0.1, 0.15) is 6.54 Å². The van der Waals surface area contributed by atoms with Crippen molar-refractivity contribution in [2.45, 2.75) is 4.90 Å². The molecule has 7 heteroatoms. The van der Waals surface area contributed by atoms with Crippen LogP contribution in [0.2, 0.25) is 5.02 Å². The van der Waals surface area contributed by atoms with Crippen molar-refractivity contribution < 1.29 is 13.2 Å².